The summed E-state index contributed by atoms with van der Waals surface area (Å²) in [6.45, 7) is 3.35. The van der Waals surface area contributed by atoms with Gasteiger partial charge >= 0.3 is 5.97 Å². The highest BCUT2D eigenvalue weighted by atomic mass is 19.3. The summed E-state index contributed by atoms with van der Waals surface area (Å²) in [4.78, 5) is 10.9. The number of halogens is 2. The van der Waals surface area contributed by atoms with Crippen LogP contribution in [0.15, 0.2) is 11.7 Å². The molecule has 0 aromatic rings. The predicted molar refractivity (Wildman–Crippen MR) is 50.0 cm³/mol. The fourth-order valence-electron chi connectivity index (χ4n) is 0.879. The lowest BCUT2D eigenvalue weighted by Crippen LogP contribution is -2.07. The molecule has 0 aromatic carbocycles. The predicted octanol–water partition coefficient (Wildman–Crippen LogP) is 3.28. The third kappa shape index (κ3) is 5.67. The molecular formula is C10H16F2O2. The molecule has 0 saturated heterocycles. The van der Waals surface area contributed by atoms with Gasteiger partial charge < -0.3 is 4.74 Å². The lowest BCUT2D eigenvalue weighted by molar-refractivity contribution is -0.139. The van der Waals surface area contributed by atoms with E-state index in [-0.39, 0.29) is 6.61 Å². The molecule has 0 atom stereocenters. The van der Waals surface area contributed by atoms with Crippen molar-refractivity contribution in [3.8, 4) is 0 Å². The monoisotopic (exact) mass is 206 g/mol. The Morgan fingerprint density at radius 2 is 1.86 bits per heavy atom. The van der Waals surface area contributed by atoms with Gasteiger partial charge in [-0.3, -0.25) is 0 Å². The van der Waals surface area contributed by atoms with Crippen molar-refractivity contribution in [3.63, 3.8) is 0 Å². The summed E-state index contributed by atoms with van der Waals surface area (Å²) < 4.78 is 28.4. The summed E-state index contributed by atoms with van der Waals surface area (Å²) in [6, 6.07) is 0. The SMILES string of the molecule is CCCCCCOC(=O)C(C)=C(F)F. The van der Waals surface area contributed by atoms with Crippen molar-refractivity contribution in [2.24, 2.45) is 0 Å². The Morgan fingerprint density at radius 1 is 1.21 bits per heavy atom. The van der Waals surface area contributed by atoms with Crippen molar-refractivity contribution in [2.45, 2.75) is 39.5 Å². The smallest absolute Gasteiger partial charge is 0.339 e. The second-order valence-electron chi connectivity index (χ2n) is 3.08. The number of hydrogen-bond donors (Lipinski definition) is 0. The second-order valence-corrected chi connectivity index (χ2v) is 3.08. The van der Waals surface area contributed by atoms with Gasteiger partial charge in [-0.05, 0) is 13.3 Å². The fraction of sp³-hybridized carbons (Fsp3) is 0.700. The van der Waals surface area contributed by atoms with E-state index in [0.29, 0.717) is 0 Å². The number of carbonyl (C=O) groups is 1. The van der Waals surface area contributed by atoms with Crippen molar-refractivity contribution in [1.82, 2.24) is 0 Å². The zero-order chi connectivity index (χ0) is 11.0. The van der Waals surface area contributed by atoms with Crippen molar-refractivity contribution in [1.29, 1.82) is 0 Å². The molecule has 0 fully saturated rings. The molecule has 0 spiro atoms. The molecular weight excluding hydrogens is 190 g/mol. The van der Waals surface area contributed by atoms with Crippen LogP contribution in [0.4, 0.5) is 8.78 Å². The van der Waals surface area contributed by atoms with Crippen LogP contribution in [-0.2, 0) is 9.53 Å². The van der Waals surface area contributed by atoms with Gasteiger partial charge in [-0.15, -0.1) is 0 Å². The Bertz CT molecular complexity index is 208. The lowest BCUT2D eigenvalue weighted by atomic mass is 10.2. The van der Waals surface area contributed by atoms with Crippen LogP contribution < -0.4 is 0 Å². The van der Waals surface area contributed by atoms with Gasteiger partial charge in [0.2, 0.25) is 0 Å². The van der Waals surface area contributed by atoms with E-state index in [1.54, 1.807) is 0 Å². The summed E-state index contributed by atoms with van der Waals surface area (Å²) in [5.74, 6) is -0.915. The molecule has 0 N–H and O–H groups in total. The van der Waals surface area contributed by atoms with E-state index >= 15 is 0 Å². The van der Waals surface area contributed by atoms with Crippen LogP contribution in [0.2, 0.25) is 0 Å². The number of carbonyl (C=O) groups excluding carboxylic acids is 1. The highest BCUT2D eigenvalue weighted by Gasteiger charge is 2.11. The zero-order valence-corrected chi connectivity index (χ0v) is 8.61. The van der Waals surface area contributed by atoms with Crippen LogP contribution in [0.1, 0.15) is 39.5 Å². The highest BCUT2D eigenvalue weighted by Crippen LogP contribution is 2.09. The minimum atomic E-state index is -1.97. The highest BCUT2D eigenvalue weighted by molar-refractivity contribution is 5.87. The topological polar surface area (TPSA) is 26.3 Å². The Balaban J connectivity index is 3.60. The maximum Gasteiger partial charge on any atom is 0.339 e. The summed E-state index contributed by atoms with van der Waals surface area (Å²) in [5, 5.41) is 0. The standard InChI is InChI=1S/C10H16F2O2/c1-3-4-5-6-7-14-10(13)8(2)9(11)12/h3-7H2,1-2H3. The molecule has 0 aromatic heterocycles. The van der Waals surface area contributed by atoms with Crippen molar-refractivity contribution < 1.29 is 18.3 Å². The van der Waals surface area contributed by atoms with Gasteiger partial charge in [-0.1, -0.05) is 26.2 Å². The Hall–Kier alpha value is -0.930. The van der Waals surface area contributed by atoms with Crippen LogP contribution in [0.25, 0.3) is 0 Å². The van der Waals surface area contributed by atoms with Crippen LogP contribution in [-0.4, -0.2) is 12.6 Å². The molecule has 82 valence electrons. The van der Waals surface area contributed by atoms with Gasteiger partial charge in [-0.2, -0.15) is 8.78 Å². The first-order chi connectivity index (χ1) is 6.59. The molecule has 0 saturated carbocycles. The van der Waals surface area contributed by atoms with E-state index in [9.17, 15) is 13.6 Å². The van der Waals surface area contributed by atoms with Crippen LogP contribution >= 0.6 is 0 Å². The number of hydrogen-bond acceptors (Lipinski definition) is 2. The molecule has 0 aliphatic carbocycles. The molecule has 2 nitrogen and oxygen atoms in total. The van der Waals surface area contributed by atoms with Crippen LogP contribution in [0.5, 0.6) is 0 Å². The largest absolute Gasteiger partial charge is 0.462 e. The average molecular weight is 206 g/mol. The first-order valence-corrected chi connectivity index (χ1v) is 4.78. The molecule has 4 heteroatoms. The van der Waals surface area contributed by atoms with Gasteiger partial charge in [0.15, 0.2) is 0 Å². The second kappa shape index (κ2) is 7.47. The summed E-state index contributed by atoms with van der Waals surface area (Å²) in [6.07, 6.45) is 1.89. The maximum atomic E-state index is 11.9. The lowest BCUT2D eigenvalue weighted by Gasteiger charge is -2.03. The number of unbranched alkanes of at least 4 members (excludes halogenated alkanes) is 3. The normalized spacial score (nSPS) is 9.71. The van der Waals surface area contributed by atoms with Gasteiger partial charge in [0.05, 0.1) is 12.2 Å². The van der Waals surface area contributed by atoms with E-state index in [0.717, 1.165) is 32.6 Å². The minimum absolute atomic E-state index is 0.226. The number of esters is 1. The van der Waals surface area contributed by atoms with Crippen molar-refractivity contribution >= 4 is 5.97 Å². The van der Waals surface area contributed by atoms with E-state index in [2.05, 4.69) is 11.7 Å². The first-order valence-electron chi connectivity index (χ1n) is 4.78. The molecule has 0 bridgehead atoms. The minimum Gasteiger partial charge on any atom is -0.462 e. The third-order valence-electron chi connectivity index (χ3n) is 1.82. The molecule has 0 unspecified atom stereocenters. The fourth-order valence-corrected chi connectivity index (χ4v) is 0.879. The first kappa shape index (κ1) is 13.1. The van der Waals surface area contributed by atoms with Crippen LogP contribution in [0.3, 0.4) is 0 Å². The van der Waals surface area contributed by atoms with E-state index in [1.165, 1.54) is 0 Å². The molecule has 0 aliphatic rings. The summed E-state index contributed by atoms with van der Waals surface area (Å²) in [5.41, 5.74) is -0.597. The quantitative estimate of drug-likeness (QED) is 0.378. The van der Waals surface area contributed by atoms with Crippen molar-refractivity contribution in [3.05, 3.63) is 11.7 Å². The Labute approximate surface area is 82.9 Å². The molecule has 0 amide bonds. The van der Waals surface area contributed by atoms with Gasteiger partial charge in [-0.25, -0.2) is 4.79 Å². The van der Waals surface area contributed by atoms with Gasteiger partial charge in [0.1, 0.15) is 0 Å². The molecule has 14 heavy (non-hydrogen) atoms. The average Bonchev–Trinajstić information content (AvgIpc) is 2.16. The van der Waals surface area contributed by atoms with E-state index in [4.69, 9.17) is 0 Å². The summed E-state index contributed by atoms with van der Waals surface area (Å²) in [7, 11) is 0. The summed E-state index contributed by atoms with van der Waals surface area (Å²) >= 11 is 0. The number of ether oxygens (including phenoxy) is 1. The molecule has 0 rings (SSSR count). The Morgan fingerprint density at radius 3 is 2.36 bits per heavy atom. The Kier molecular flexibility index (Phi) is 6.98. The zero-order valence-electron chi connectivity index (χ0n) is 8.61. The molecule has 0 radical (unpaired) electrons. The van der Waals surface area contributed by atoms with Crippen molar-refractivity contribution in [2.75, 3.05) is 6.61 Å². The maximum absolute atomic E-state index is 11.9. The van der Waals surface area contributed by atoms with Gasteiger partial charge in [0, 0.05) is 0 Å². The number of rotatable bonds is 6. The van der Waals surface area contributed by atoms with Crippen LogP contribution in [0, 0.1) is 0 Å². The molecule has 0 heterocycles. The van der Waals surface area contributed by atoms with Gasteiger partial charge in [0.25, 0.3) is 6.08 Å². The van der Waals surface area contributed by atoms with E-state index in [1.807, 2.05) is 0 Å². The molecule has 0 aliphatic heterocycles. The third-order valence-corrected chi connectivity index (χ3v) is 1.82. The van der Waals surface area contributed by atoms with E-state index < -0.39 is 17.6 Å².